The molecule has 0 saturated heterocycles. The van der Waals surface area contributed by atoms with E-state index in [0.717, 1.165) is 12.3 Å². The Kier molecular flexibility index (Phi) is 3.74. The van der Waals surface area contributed by atoms with E-state index in [0.29, 0.717) is 0 Å². The lowest BCUT2D eigenvalue weighted by molar-refractivity contribution is 0.299. The Balaban J connectivity index is 1.97. The second-order valence-corrected chi connectivity index (χ2v) is 5.30. The van der Waals surface area contributed by atoms with Crippen molar-refractivity contribution in [1.82, 2.24) is 4.90 Å². The van der Waals surface area contributed by atoms with Crippen LogP contribution in [0.25, 0.3) is 0 Å². The van der Waals surface area contributed by atoms with Crippen molar-refractivity contribution in [3.8, 4) is 0 Å². The zero-order chi connectivity index (χ0) is 9.90. The van der Waals surface area contributed by atoms with Gasteiger partial charge in [-0.15, -0.1) is 0 Å². The molecule has 0 aromatic carbocycles. The van der Waals surface area contributed by atoms with Crippen LogP contribution in [0.15, 0.2) is 0 Å². The van der Waals surface area contributed by atoms with Crippen LogP contribution < -0.4 is 5.73 Å². The first-order chi connectivity index (χ1) is 5.97. The summed E-state index contributed by atoms with van der Waals surface area (Å²) in [6, 6.07) is 0. The molecule has 1 aliphatic rings. The molecule has 1 aliphatic carbocycles. The van der Waals surface area contributed by atoms with Crippen LogP contribution in [0.1, 0.15) is 39.5 Å². The van der Waals surface area contributed by atoms with Crippen molar-refractivity contribution < 1.29 is 0 Å². The summed E-state index contributed by atoms with van der Waals surface area (Å²) in [7, 11) is 2.22. The molecule has 1 rings (SSSR count). The first-order valence-corrected chi connectivity index (χ1v) is 5.45. The van der Waals surface area contributed by atoms with Gasteiger partial charge in [0.25, 0.3) is 0 Å². The number of nitrogens with two attached hydrogens (primary N) is 1. The molecule has 0 amide bonds. The van der Waals surface area contributed by atoms with E-state index in [4.69, 9.17) is 5.73 Å². The van der Waals surface area contributed by atoms with E-state index in [1.165, 1.54) is 32.4 Å². The molecule has 0 spiro atoms. The Morgan fingerprint density at radius 3 is 2.46 bits per heavy atom. The maximum absolute atomic E-state index is 5.92. The molecule has 0 aromatic rings. The molecule has 0 atom stereocenters. The van der Waals surface area contributed by atoms with Crippen LogP contribution in [0.3, 0.4) is 0 Å². The largest absolute Gasteiger partial charge is 0.326 e. The van der Waals surface area contributed by atoms with E-state index in [2.05, 4.69) is 25.8 Å². The highest BCUT2D eigenvalue weighted by molar-refractivity contribution is 4.77. The van der Waals surface area contributed by atoms with E-state index in [1.807, 2.05) is 0 Å². The third-order valence-corrected chi connectivity index (χ3v) is 2.63. The van der Waals surface area contributed by atoms with Gasteiger partial charge in [0.2, 0.25) is 0 Å². The highest BCUT2D eigenvalue weighted by Crippen LogP contribution is 2.29. The van der Waals surface area contributed by atoms with Crippen LogP contribution in [0.4, 0.5) is 0 Å². The van der Waals surface area contributed by atoms with Gasteiger partial charge < -0.3 is 10.6 Å². The number of rotatable bonds is 6. The predicted molar refractivity (Wildman–Crippen MR) is 57.7 cm³/mol. The van der Waals surface area contributed by atoms with Gasteiger partial charge in [0.05, 0.1) is 0 Å². The van der Waals surface area contributed by atoms with E-state index in [-0.39, 0.29) is 5.54 Å². The molecule has 0 radical (unpaired) electrons. The molecule has 2 N–H and O–H groups in total. The number of hydrogen-bond donors (Lipinski definition) is 1. The fourth-order valence-corrected chi connectivity index (χ4v) is 1.64. The van der Waals surface area contributed by atoms with Gasteiger partial charge in [0, 0.05) is 12.1 Å². The summed E-state index contributed by atoms with van der Waals surface area (Å²) in [4.78, 5) is 2.45. The summed E-state index contributed by atoms with van der Waals surface area (Å²) in [5, 5.41) is 0. The summed E-state index contributed by atoms with van der Waals surface area (Å²) < 4.78 is 0. The Bertz CT molecular complexity index is 145. The molecule has 0 bridgehead atoms. The summed E-state index contributed by atoms with van der Waals surface area (Å²) in [5.74, 6) is 1.01. The van der Waals surface area contributed by atoms with Crippen LogP contribution in [-0.4, -0.2) is 30.6 Å². The van der Waals surface area contributed by atoms with Crippen LogP contribution in [-0.2, 0) is 0 Å². The average molecular weight is 184 g/mol. The molecule has 0 heterocycles. The minimum atomic E-state index is 0.0143. The summed E-state index contributed by atoms with van der Waals surface area (Å²) in [6.07, 6.45) is 5.26. The summed E-state index contributed by atoms with van der Waals surface area (Å²) >= 11 is 0. The van der Waals surface area contributed by atoms with Crippen LogP contribution in [0.2, 0.25) is 0 Å². The third kappa shape index (κ3) is 6.05. The molecule has 1 fully saturated rings. The Labute approximate surface area is 82.5 Å². The van der Waals surface area contributed by atoms with Crippen molar-refractivity contribution in [3.63, 3.8) is 0 Å². The fraction of sp³-hybridized carbons (Fsp3) is 1.00. The van der Waals surface area contributed by atoms with Gasteiger partial charge in [-0.1, -0.05) is 0 Å². The molecule has 2 heteroatoms. The van der Waals surface area contributed by atoms with Crippen molar-refractivity contribution in [2.24, 2.45) is 11.7 Å². The maximum Gasteiger partial charge on any atom is 0.00975 e. The topological polar surface area (TPSA) is 29.3 Å². The SMILES string of the molecule is CN(CCCC(C)(C)N)CC1CC1. The van der Waals surface area contributed by atoms with Crippen molar-refractivity contribution in [2.45, 2.75) is 45.1 Å². The summed E-state index contributed by atoms with van der Waals surface area (Å²) in [6.45, 7) is 6.71. The molecule has 78 valence electrons. The molecule has 13 heavy (non-hydrogen) atoms. The molecule has 2 nitrogen and oxygen atoms in total. The second-order valence-electron chi connectivity index (χ2n) is 5.30. The Hall–Kier alpha value is -0.0800. The third-order valence-electron chi connectivity index (χ3n) is 2.63. The van der Waals surface area contributed by atoms with Crippen molar-refractivity contribution >= 4 is 0 Å². The molecular formula is C11H24N2. The molecule has 1 saturated carbocycles. The molecule has 0 unspecified atom stereocenters. The van der Waals surface area contributed by atoms with Crippen LogP contribution in [0.5, 0.6) is 0 Å². The van der Waals surface area contributed by atoms with Crippen LogP contribution >= 0.6 is 0 Å². The quantitative estimate of drug-likeness (QED) is 0.682. The van der Waals surface area contributed by atoms with Gasteiger partial charge >= 0.3 is 0 Å². The van der Waals surface area contributed by atoms with Gasteiger partial charge in [-0.25, -0.2) is 0 Å². The number of nitrogens with zero attached hydrogens (tertiary/aromatic N) is 1. The Morgan fingerprint density at radius 1 is 1.38 bits per heavy atom. The fourth-order valence-electron chi connectivity index (χ4n) is 1.64. The van der Waals surface area contributed by atoms with E-state index < -0.39 is 0 Å². The van der Waals surface area contributed by atoms with E-state index in [1.54, 1.807) is 0 Å². The first kappa shape index (κ1) is 11.0. The van der Waals surface area contributed by atoms with Gasteiger partial charge in [-0.3, -0.25) is 0 Å². The van der Waals surface area contributed by atoms with Crippen molar-refractivity contribution in [2.75, 3.05) is 20.1 Å². The zero-order valence-electron chi connectivity index (χ0n) is 9.34. The Morgan fingerprint density at radius 2 is 2.00 bits per heavy atom. The normalized spacial score (nSPS) is 18.2. The minimum absolute atomic E-state index is 0.0143. The average Bonchev–Trinajstić information content (AvgIpc) is 2.68. The monoisotopic (exact) mass is 184 g/mol. The highest BCUT2D eigenvalue weighted by Gasteiger charge is 2.22. The lowest BCUT2D eigenvalue weighted by Gasteiger charge is -2.21. The smallest absolute Gasteiger partial charge is 0.00975 e. The molecule has 0 aliphatic heterocycles. The second kappa shape index (κ2) is 4.43. The summed E-state index contributed by atoms with van der Waals surface area (Å²) in [5.41, 5.74) is 5.93. The number of hydrogen-bond acceptors (Lipinski definition) is 2. The van der Waals surface area contributed by atoms with Crippen LogP contribution in [0, 0.1) is 5.92 Å². The molecule has 0 aromatic heterocycles. The standard InChI is InChI=1S/C11H24N2/c1-11(2,12)7-4-8-13(3)9-10-5-6-10/h10H,4-9,12H2,1-3H3. The highest BCUT2D eigenvalue weighted by atomic mass is 15.1. The zero-order valence-corrected chi connectivity index (χ0v) is 9.34. The first-order valence-electron chi connectivity index (χ1n) is 5.45. The van der Waals surface area contributed by atoms with Gasteiger partial charge in [-0.05, 0) is 59.0 Å². The van der Waals surface area contributed by atoms with E-state index in [9.17, 15) is 0 Å². The minimum Gasteiger partial charge on any atom is -0.326 e. The lowest BCUT2D eigenvalue weighted by atomic mass is 10.00. The molecular weight excluding hydrogens is 160 g/mol. The maximum atomic E-state index is 5.92. The van der Waals surface area contributed by atoms with E-state index >= 15 is 0 Å². The van der Waals surface area contributed by atoms with Crippen molar-refractivity contribution in [1.29, 1.82) is 0 Å². The van der Waals surface area contributed by atoms with Gasteiger partial charge in [0.1, 0.15) is 0 Å². The van der Waals surface area contributed by atoms with Crippen molar-refractivity contribution in [3.05, 3.63) is 0 Å². The van der Waals surface area contributed by atoms with Gasteiger partial charge in [0.15, 0.2) is 0 Å². The lowest BCUT2D eigenvalue weighted by Crippen LogP contribution is -2.33. The predicted octanol–water partition coefficient (Wildman–Crippen LogP) is 1.85. The van der Waals surface area contributed by atoms with Gasteiger partial charge in [-0.2, -0.15) is 0 Å².